The average molecular weight is 327 g/mol. The minimum Gasteiger partial charge on any atom is -0.465 e. The van der Waals surface area contributed by atoms with Crippen LogP contribution < -0.4 is 10.6 Å². The van der Waals surface area contributed by atoms with Crippen LogP contribution in [0, 0.1) is 0 Å². The van der Waals surface area contributed by atoms with Crippen molar-refractivity contribution < 1.29 is 14.3 Å². The van der Waals surface area contributed by atoms with E-state index in [1.165, 1.54) is 13.3 Å². The van der Waals surface area contributed by atoms with E-state index in [9.17, 15) is 9.59 Å². The first-order valence-corrected chi connectivity index (χ1v) is 7.76. The highest BCUT2D eigenvalue weighted by atomic mass is 16.5. The number of hydrogen-bond donors (Lipinski definition) is 2. The first kappa shape index (κ1) is 17.5. The van der Waals surface area contributed by atoms with Gasteiger partial charge in [-0.3, -0.25) is 4.79 Å². The summed E-state index contributed by atoms with van der Waals surface area (Å²) in [6, 6.07) is 10.5. The number of esters is 1. The first-order valence-electron chi connectivity index (χ1n) is 7.76. The summed E-state index contributed by atoms with van der Waals surface area (Å²) in [6.45, 7) is 3.96. The van der Waals surface area contributed by atoms with Gasteiger partial charge >= 0.3 is 5.97 Å². The van der Waals surface area contributed by atoms with Gasteiger partial charge in [0.05, 0.1) is 23.9 Å². The van der Waals surface area contributed by atoms with Crippen LogP contribution in [0.2, 0.25) is 0 Å². The van der Waals surface area contributed by atoms with Gasteiger partial charge in [0.1, 0.15) is 5.82 Å². The molecule has 6 nitrogen and oxygen atoms in total. The number of aromatic nitrogens is 1. The van der Waals surface area contributed by atoms with Crippen molar-refractivity contribution in [2.45, 2.75) is 26.3 Å². The summed E-state index contributed by atoms with van der Waals surface area (Å²) in [7, 11) is 1.34. The van der Waals surface area contributed by atoms with Crippen LogP contribution >= 0.6 is 0 Å². The van der Waals surface area contributed by atoms with Gasteiger partial charge in [0, 0.05) is 12.2 Å². The Morgan fingerprint density at radius 2 is 1.96 bits per heavy atom. The van der Waals surface area contributed by atoms with Crippen molar-refractivity contribution in [3.63, 3.8) is 0 Å². The fourth-order valence-electron chi connectivity index (χ4n) is 2.03. The van der Waals surface area contributed by atoms with Gasteiger partial charge in [-0.25, -0.2) is 9.78 Å². The zero-order valence-electron chi connectivity index (χ0n) is 14.0. The molecule has 1 aromatic heterocycles. The van der Waals surface area contributed by atoms with Gasteiger partial charge in [-0.15, -0.1) is 0 Å². The molecular formula is C18H21N3O3. The Hall–Kier alpha value is -2.89. The maximum Gasteiger partial charge on any atom is 0.339 e. The number of benzene rings is 1. The van der Waals surface area contributed by atoms with E-state index in [-0.39, 0.29) is 11.9 Å². The van der Waals surface area contributed by atoms with E-state index >= 15 is 0 Å². The van der Waals surface area contributed by atoms with Crippen molar-refractivity contribution >= 4 is 23.4 Å². The molecule has 0 aliphatic heterocycles. The summed E-state index contributed by atoms with van der Waals surface area (Å²) in [5.74, 6) is -0.0487. The monoisotopic (exact) mass is 327 g/mol. The number of para-hydroxylation sites is 1. The van der Waals surface area contributed by atoms with Crippen molar-refractivity contribution in [2.24, 2.45) is 0 Å². The molecule has 0 bridgehead atoms. The van der Waals surface area contributed by atoms with Crippen molar-refractivity contribution in [3.8, 4) is 0 Å². The molecule has 1 amide bonds. The summed E-state index contributed by atoms with van der Waals surface area (Å²) in [6.07, 6.45) is 2.37. The third kappa shape index (κ3) is 4.32. The minimum atomic E-state index is -0.428. The Bertz CT molecular complexity index is 714. The molecule has 0 aliphatic rings. The summed E-state index contributed by atoms with van der Waals surface area (Å²) in [4.78, 5) is 28.0. The van der Waals surface area contributed by atoms with Crippen LogP contribution in [0.25, 0.3) is 0 Å². The molecule has 1 unspecified atom stereocenters. The van der Waals surface area contributed by atoms with Crippen LogP contribution in [0.4, 0.5) is 11.5 Å². The van der Waals surface area contributed by atoms with Crippen molar-refractivity contribution in [2.75, 3.05) is 12.4 Å². The third-order valence-electron chi connectivity index (χ3n) is 3.61. The highest BCUT2D eigenvalue weighted by Gasteiger charge is 2.12. The quantitative estimate of drug-likeness (QED) is 0.797. The van der Waals surface area contributed by atoms with Crippen LogP contribution in [0.5, 0.6) is 0 Å². The SMILES string of the molecule is CCC(C)NC(=O)c1ccc(Nc2ccccc2C(=O)OC)nc1. The second kappa shape index (κ2) is 8.10. The van der Waals surface area contributed by atoms with Gasteiger partial charge in [-0.2, -0.15) is 0 Å². The predicted octanol–water partition coefficient (Wildman–Crippen LogP) is 3.14. The molecule has 0 saturated heterocycles. The number of carbonyl (C=O) groups excluding carboxylic acids is 2. The highest BCUT2D eigenvalue weighted by molar-refractivity contribution is 5.96. The number of methoxy groups -OCH3 is 1. The van der Waals surface area contributed by atoms with E-state index in [4.69, 9.17) is 4.74 Å². The van der Waals surface area contributed by atoms with E-state index in [1.807, 2.05) is 19.9 Å². The molecule has 2 rings (SSSR count). The fourth-order valence-corrected chi connectivity index (χ4v) is 2.03. The fraction of sp³-hybridized carbons (Fsp3) is 0.278. The lowest BCUT2D eigenvalue weighted by molar-refractivity contribution is 0.0601. The summed E-state index contributed by atoms with van der Waals surface area (Å²) < 4.78 is 4.76. The molecule has 24 heavy (non-hydrogen) atoms. The van der Waals surface area contributed by atoms with Crippen LogP contribution in [-0.2, 0) is 4.74 Å². The Morgan fingerprint density at radius 3 is 2.58 bits per heavy atom. The summed E-state index contributed by atoms with van der Waals surface area (Å²) in [5.41, 5.74) is 1.50. The van der Waals surface area contributed by atoms with Gasteiger partial charge in [-0.05, 0) is 37.6 Å². The van der Waals surface area contributed by atoms with Gasteiger partial charge in [-0.1, -0.05) is 19.1 Å². The Morgan fingerprint density at radius 1 is 1.21 bits per heavy atom. The molecule has 1 aromatic carbocycles. The maximum atomic E-state index is 12.0. The smallest absolute Gasteiger partial charge is 0.339 e. The molecule has 0 spiro atoms. The summed E-state index contributed by atoms with van der Waals surface area (Å²) >= 11 is 0. The largest absolute Gasteiger partial charge is 0.465 e. The van der Waals surface area contributed by atoms with Gasteiger partial charge in [0.2, 0.25) is 0 Å². The van der Waals surface area contributed by atoms with Crippen LogP contribution in [0.3, 0.4) is 0 Å². The predicted molar refractivity (Wildman–Crippen MR) is 92.5 cm³/mol. The number of anilines is 2. The molecule has 0 saturated carbocycles. The molecule has 0 fully saturated rings. The van der Waals surface area contributed by atoms with E-state index in [0.29, 0.717) is 22.6 Å². The van der Waals surface area contributed by atoms with Crippen LogP contribution in [0.1, 0.15) is 41.0 Å². The molecule has 6 heteroatoms. The van der Waals surface area contributed by atoms with Crippen LogP contribution in [-0.4, -0.2) is 30.0 Å². The molecule has 126 valence electrons. The Labute approximate surface area is 141 Å². The number of amides is 1. The normalized spacial score (nSPS) is 11.5. The molecule has 0 radical (unpaired) electrons. The molecule has 1 atom stereocenters. The number of nitrogens with one attached hydrogen (secondary N) is 2. The van der Waals surface area contributed by atoms with E-state index in [2.05, 4.69) is 15.6 Å². The number of rotatable bonds is 6. The van der Waals surface area contributed by atoms with Crippen molar-refractivity contribution in [1.29, 1.82) is 0 Å². The van der Waals surface area contributed by atoms with E-state index in [0.717, 1.165) is 6.42 Å². The number of ether oxygens (including phenoxy) is 1. The van der Waals surface area contributed by atoms with Gasteiger partial charge < -0.3 is 15.4 Å². The minimum absolute atomic E-state index is 0.113. The highest BCUT2D eigenvalue weighted by Crippen LogP contribution is 2.20. The van der Waals surface area contributed by atoms with E-state index < -0.39 is 5.97 Å². The number of pyridine rings is 1. The molecule has 2 aromatic rings. The second-order valence-corrected chi connectivity index (χ2v) is 5.38. The lowest BCUT2D eigenvalue weighted by Crippen LogP contribution is -2.31. The standard InChI is InChI=1S/C18H21N3O3/c1-4-12(2)20-17(22)13-9-10-16(19-11-13)21-15-8-6-5-7-14(15)18(23)24-3/h5-12H,4H2,1-3H3,(H,19,21)(H,20,22). The zero-order valence-corrected chi connectivity index (χ0v) is 14.0. The Balaban J connectivity index is 2.13. The Kier molecular flexibility index (Phi) is 5.89. The molecule has 1 heterocycles. The topological polar surface area (TPSA) is 80.3 Å². The van der Waals surface area contributed by atoms with Crippen LogP contribution in [0.15, 0.2) is 42.6 Å². The maximum absolute atomic E-state index is 12.0. The third-order valence-corrected chi connectivity index (χ3v) is 3.61. The molecule has 0 aliphatic carbocycles. The summed E-state index contributed by atoms with van der Waals surface area (Å²) in [5, 5.41) is 5.95. The van der Waals surface area contributed by atoms with Crippen molar-refractivity contribution in [3.05, 3.63) is 53.7 Å². The molecule has 2 N–H and O–H groups in total. The zero-order chi connectivity index (χ0) is 17.5. The number of nitrogens with zero attached hydrogens (tertiary/aromatic N) is 1. The molecular weight excluding hydrogens is 306 g/mol. The number of carbonyl (C=O) groups is 2. The van der Waals surface area contributed by atoms with Gasteiger partial charge in [0.15, 0.2) is 0 Å². The average Bonchev–Trinajstić information content (AvgIpc) is 2.62. The van der Waals surface area contributed by atoms with E-state index in [1.54, 1.807) is 30.3 Å². The lowest BCUT2D eigenvalue weighted by Gasteiger charge is -2.12. The van der Waals surface area contributed by atoms with Gasteiger partial charge in [0.25, 0.3) is 5.91 Å². The second-order valence-electron chi connectivity index (χ2n) is 5.38. The number of hydrogen-bond acceptors (Lipinski definition) is 5. The van der Waals surface area contributed by atoms with Crippen molar-refractivity contribution in [1.82, 2.24) is 10.3 Å². The lowest BCUT2D eigenvalue weighted by atomic mass is 10.1. The first-order chi connectivity index (χ1) is 11.5.